The van der Waals surface area contributed by atoms with E-state index in [9.17, 15) is 4.79 Å². The van der Waals surface area contributed by atoms with Crippen LogP contribution in [-0.4, -0.2) is 43.9 Å². The molecular formula is C19H24N4OS. The summed E-state index contributed by atoms with van der Waals surface area (Å²) in [7, 11) is 0. The predicted molar refractivity (Wildman–Crippen MR) is 98.8 cm³/mol. The minimum Gasteiger partial charge on any atom is -0.339 e. The Morgan fingerprint density at radius 1 is 1.12 bits per heavy atom. The number of thioether (sulfide) groups is 1. The fraction of sp³-hybridized carbons (Fsp3) is 0.526. The van der Waals surface area contributed by atoms with Gasteiger partial charge >= 0.3 is 0 Å². The monoisotopic (exact) mass is 356 g/mol. The van der Waals surface area contributed by atoms with E-state index in [0.29, 0.717) is 11.8 Å². The van der Waals surface area contributed by atoms with Gasteiger partial charge in [-0.1, -0.05) is 42.8 Å². The van der Waals surface area contributed by atoms with Crippen LogP contribution in [0.1, 0.15) is 38.5 Å². The topological polar surface area (TPSA) is 51.0 Å². The number of hydrogen-bond acceptors (Lipinski definition) is 4. The predicted octanol–water partition coefficient (Wildman–Crippen LogP) is 3.54. The van der Waals surface area contributed by atoms with Crippen LogP contribution in [0.4, 0.5) is 0 Å². The molecule has 5 nitrogen and oxygen atoms in total. The van der Waals surface area contributed by atoms with Gasteiger partial charge in [0.1, 0.15) is 6.33 Å². The molecule has 1 saturated carbocycles. The molecule has 132 valence electrons. The molecule has 0 bridgehead atoms. The van der Waals surface area contributed by atoms with E-state index in [-0.39, 0.29) is 5.91 Å². The molecule has 0 N–H and O–H groups in total. The van der Waals surface area contributed by atoms with Crippen molar-refractivity contribution in [3.63, 3.8) is 0 Å². The van der Waals surface area contributed by atoms with E-state index in [0.717, 1.165) is 29.7 Å². The zero-order valence-electron chi connectivity index (χ0n) is 14.4. The molecule has 2 aromatic rings. The highest BCUT2D eigenvalue weighted by molar-refractivity contribution is 7.99. The van der Waals surface area contributed by atoms with Crippen molar-refractivity contribution in [2.45, 2.75) is 49.7 Å². The van der Waals surface area contributed by atoms with Gasteiger partial charge in [0.15, 0.2) is 5.16 Å². The highest BCUT2D eigenvalue weighted by atomic mass is 32.2. The van der Waals surface area contributed by atoms with Crippen molar-refractivity contribution in [1.29, 1.82) is 0 Å². The number of carbonyl (C=O) groups is 1. The van der Waals surface area contributed by atoms with Gasteiger partial charge in [-0.2, -0.15) is 0 Å². The van der Waals surface area contributed by atoms with E-state index in [1.807, 2.05) is 34.9 Å². The Kier molecular flexibility index (Phi) is 5.06. The average Bonchev–Trinajstić information content (AvgIpc) is 3.15. The number of hydrogen-bond donors (Lipinski definition) is 0. The van der Waals surface area contributed by atoms with Crippen LogP contribution in [0.15, 0.2) is 41.8 Å². The van der Waals surface area contributed by atoms with Crippen molar-refractivity contribution in [2.24, 2.45) is 5.92 Å². The number of likely N-dealkylation sites (tertiary alicyclic amines) is 1. The molecule has 2 heterocycles. The maximum atomic E-state index is 12.8. The molecule has 1 amide bonds. The minimum atomic E-state index is 0.254. The second-order valence-electron chi connectivity index (χ2n) is 6.95. The van der Waals surface area contributed by atoms with Gasteiger partial charge in [0.05, 0.1) is 5.75 Å². The normalized spacial score (nSPS) is 23.3. The quantitative estimate of drug-likeness (QED) is 0.786. The third-order valence-electron chi connectivity index (χ3n) is 5.44. The zero-order valence-corrected chi connectivity index (χ0v) is 15.2. The molecule has 4 rings (SSSR count). The third kappa shape index (κ3) is 3.59. The summed E-state index contributed by atoms with van der Waals surface area (Å²) in [4.78, 5) is 15.0. The summed E-state index contributed by atoms with van der Waals surface area (Å²) in [5.74, 6) is 1.42. The Morgan fingerprint density at radius 3 is 2.80 bits per heavy atom. The molecule has 2 fully saturated rings. The maximum Gasteiger partial charge on any atom is 0.233 e. The molecule has 1 aliphatic carbocycles. The number of benzene rings is 1. The van der Waals surface area contributed by atoms with Crippen LogP contribution >= 0.6 is 11.8 Å². The molecule has 1 aromatic carbocycles. The van der Waals surface area contributed by atoms with Crippen LogP contribution in [0, 0.1) is 5.92 Å². The molecule has 2 aliphatic rings. The van der Waals surface area contributed by atoms with Crippen molar-refractivity contribution in [1.82, 2.24) is 19.7 Å². The highest BCUT2D eigenvalue weighted by Crippen LogP contribution is 2.35. The first kappa shape index (κ1) is 16.6. The highest BCUT2D eigenvalue weighted by Gasteiger charge is 2.35. The van der Waals surface area contributed by atoms with Gasteiger partial charge in [-0.15, -0.1) is 10.2 Å². The first-order chi connectivity index (χ1) is 12.3. The first-order valence-electron chi connectivity index (χ1n) is 9.20. The number of amides is 1. The van der Waals surface area contributed by atoms with Crippen molar-refractivity contribution >= 4 is 17.7 Å². The SMILES string of the molecule is O=C(CSc1nncn1-c1ccccc1)N1CCC[C@H]2CCCC[C@@H]21. The molecule has 1 aromatic heterocycles. The summed E-state index contributed by atoms with van der Waals surface area (Å²) in [5, 5.41) is 8.99. The molecule has 6 heteroatoms. The van der Waals surface area contributed by atoms with E-state index < -0.39 is 0 Å². The summed E-state index contributed by atoms with van der Waals surface area (Å²) in [6.45, 7) is 0.923. The lowest BCUT2D eigenvalue weighted by atomic mass is 9.78. The van der Waals surface area contributed by atoms with Crippen LogP contribution in [0.5, 0.6) is 0 Å². The van der Waals surface area contributed by atoms with Crippen LogP contribution in [0.25, 0.3) is 5.69 Å². The van der Waals surface area contributed by atoms with Gasteiger partial charge in [-0.05, 0) is 43.7 Å². The number of piperidine rings is 1. The lowest BCUT2D eigenvalue weighted by Crippen LogP contribution is -2.50. The van der Waals surface area contributed by atoms with E-state index >= 15 is 0 Å². The van der Waals surface area contributed by atoms with E-state index in [1.54, 1.807) is 6.33 Å². The number of nitrogens with zero attached hydrogens (tertiary/aromatic N) is 4. The number of carbonyl (C=O) groups excluding carboxylic acids is 1. The van der Waals surface area contributed by atoms with Crippen LogP contribution in [0.3, 0.4) is 0 Å². The summed E-state index contributed by atoms with van der Waals surface area (Å²) >= 11 is 1.49. The van der Waals surface area contributed by atoms with E-state index in [1.165, 1.54) is 43.9 Å². The fourth-order valence-electron chi connectivity index (χ4n) is 4.23. The number of rotatable bonds is 4. The standard InChI is InChI=1S/C19H24N4OS/c24-18(22-12-6-8-15-7-4-5-11-17(15)22)13-25-19-21-20-14-23(19)16-9-2-1-3-10-16/h1-3,9-10,14-15,17H,4-8,11-13H2/t15-,17+/m1/s1. The van der Waals surface area contributed by atoms with Crippen molar-refractivity contribution in [3.05, 3.63) is 36.7 Å². The summed E-state index contributed by atoms with van der Waals surface area (Å²) in [6, 6.07) is 10.5. The second-order valence-corrected chi connectivity index (χ2v) is 7.89. The Morgan fingerprint density at radius 2 is 1.92 bits per heavy atom. The van der Waals surface area contributed by atoms with Gasteiger partial charge in [0.2, 0.25) is 5.91 Å². The van der Waals surface area contributed by atoms with Gasteiger partial charge in [0.25, 0.3) is 0 Å². The van der Waals surface area contributed by atoms with Gasteiger partial charge in [0, 0.05) is 18.3 Å². The Balaban J connectivity index is 1.42. The summed E-state index contributed by atoms with van der Waals surface area (Å²) < 4.78 is 1.94. The van der Waals surface area contributed by atoms with Crippen LogP contribution < -0.4 is 0 Å². The van der Waals surface area contributed by atoms with Crippen LogP contribution in [0.2, 0.25) is 0 Å². The molecule has 0 spiro atoms. The summed E-state index contributed by atoms with van der Waals surface area (Å²) in [5.41, 5.74) is 1.02. The lowest BCUT2D eigenvalue weighted by molar-refractivity contribution is -0.134. The van der Waals surface area contributed by atoms with Crippen molar-refractivity contribution < 1.29 is 4.79 Å². The maximum absolute atomic E-state index is 12.8. The molecule has 25 heavy (non-hydrogen) atoms. The van der Waals surface area contributed by atoms with Gasteiger partial charge in [-0.3, -0.25) is 9.36 Å². The summed E-state index contributed by atoms with van der Waals surface area (Å²) in [6.07, 6.45) is 9.23. The largest absolute Gasteiger partial charge is 0.339 e. The number of aromatic nitrogens is 3. The third-order valence-corrected chi connectivity index (χ3v) is 6.37. The van der Waals surface area contributed by atoms with Gasteiger partial charge < -0.3 is 4.90 Å². The molecule has 0 radical (unpaired) electrons. The van der Waals surface area contributed by atoms with E-state index in [2.05, 4.69) is 15.1 Å². The van der Waals surface area contributed by atoms with Crippen molar-refractivity contribution in [2.75, 3.05) is 12.3 Å². The molecule has 1 aliphatic heterocycles. The van der Waals surface area contributed by atoms with Gasteiger partial charge in [-0.25, -0.2) is 0 Å². The Bertz CT molecular complexity index is 715. The Hall–Kier alpha value is -1.82. The molecule has 1 saturated heterocycles. The number of fused-ring (bicyclic) bond motifs is 1. The van der Waals surface area contributed by atoms with Crippen LogP contribution in [-0.2, 0) is 4.79 Å². The first-order valence-corrected chi connectivity index (χ1v) is 10.2. The average molecular weight is 356 g/mol. The molecular weight excluding hydrogens is 332 g/mol. The smallest absolute Gasteiger partial charge is 0.233 e. The fourth-order valence-corrected chi connectivity index (χ4v) is 5.05. The second kappa shape index (κ2) is 7.60. The molecule has 2 atom stereocenters. The van der Waals surface area contributed by atoms with E-state index in [4.69, 9.17) is 0 Å². The zero-order chi connectivity index (χ0) is 17.1. The minimum absolute atomic E-state index is 0.254. The van der Waals surface area contributed by atoms with Crippen molar-refractivity contribution in [3.8, 4) is 5.69 Å². The number of para-hydroxylation sites is 1. The molecule has 0 unspecified atom stereocenters. The Labute approximate surface area is 152 Å². The lowest BCUT2D eigenvalue weighted by Gasteiger charge is -2.44.